The van der Waals surface area contributed by atoms with Crippen molar-refractivity contribution >= 4 is 0 Å². The number of halogens is 2. The average Bonchev–Trinajstić information content (AvgIpc) is 2.57. The van der Waals surface area contributed by atoms with E-state index in [1.54, 1.807) is 24.3 Å². The Morgan fingerprint density at radius 3 is 1.91 bits per heavy atom. The first-order chi connectivity index (χ1) is 11.1. The Kier molecular flexibility index (Phi) is 4.74. The van der Waals surface area contributed by atoms with Crippen LogP contribution in [0.3, 0.4) is 0 Å². The SMILES string of the molecule is OC(CC1CCCNC1)(c1ccc(F)cc1)c1ccc(F)cc1. The molecule has 2 N–H and O–H groups in total. The van der Waals surface area contributed by atoms with Crippen molar-refractivity contribution in [2.75, 3.05) is 13.1 Å². The molecule has 1 saturated heterocycles. The summed E-state index contributed by atoms with van der Waals surface area (Å²) >= 11 is 0. The van der Waals surface area contributed by atoms with Crippen LogP contribution < -0.4 is 5.32 Å². The third kappa shape index (κ3) is 3.59. The summed E-state index contributed by atoms with van der Waals surface area (Å²) in [5.74, 6) is -0.354. The molecule has 1 aliphatic rings. The fraction of sp³-hybridized carbons (Fsp3) is 0.368. The van der Waals surface area contributed by atoms with Gasteiger partial charge in [0.2, 0.25) is 0 Å². The molecule has 2 aromatic carbocycles. The minimum absolute atomic E-state index is 0.323. The molecule has 122 valence electrons. The van der Waals surface area contributed by atoms with E-state index in [9.17, 15) is 13.9 Å². The summed E-state index contributed by atoms with van der Waals surface area (Å²) in [5, 5.41) is 14.8. The summed E-state index contributed by atoms with van der Waals surface area (Å²) in [6.45, 7) is 1.85. The third-order valence-corrected chi connectivity index (χ3v) is 4.63. The van der Waals surface area contributed by atoms with Gasteiger partial charge in [-0.15, -0.1) is 0 Å². The summed E-state index contributed by atoms with van der Waals surface area (Å²) in [6.07, 6.45) is 2.64. The van der Waals surface area contributed by atoms with E-state index >= 15 is 0 Å². The molecule has 1 aliphatic heterocycles. The van der Waals surface area contributed by atoms with Crippen molar-refractivity contribution in [3.8, 4) is 0 Å². The van der Waals surface area contributed by atoms with Gasteiger partial charge in [0, 0.05) is 0 Å². The van der Waals surface area contributed by atoms with E-state index < -0.39 is 5.60 Å². The molecule has 0 amide bonds. The van der Waals surface area contributed by atoms with Crippen molar-refractivity contribution in [3.63, 3.8) is 0 Å². The Morgan fingerprint density at radius 2 is 1.48 bits per heavy atom. The Bertz CT molecular complexity index is 588. The van der Waals surface area contributed by atoms with Gasteiger partial charge in [-0.05, 0) is 73.7 Å². The molecular formula is C19H21F2NO. The van der Waals surface area contributed by atoms with E-state index in [0.29, 0.717) is 23.5 Å². The zero-order chi connectivity index (χ0) is 16.3. The minimum Gasteiger partial charge on any atom is -0.380 e. The normalized spacial score (nSPS) is 18.8. The topological polar surface area (TPSA) is 32.3 Å². The molecule has 0 radical (unpaired) electrons. The maximum Gasteiger partial charge on any atom is 0.123 e. The molecule has 3 rings (SSSR count). The summed E-state index contributed by atoms with van der Waals surface area (Å²) in [5.41, 5.74) is 0.0256. The van der Waals surface area contributed by atoms with Crippen LogP contribution in [0.25, 0.3) is 0 Å². The third-order valence-electron chi connectivity index (χ3n) is 4.63. The van der Waals surface area contributed by atoms with Crippen molar-refractivity contribution in [2.24, 2.45) is 5.92 Å². The summed E-state index contributed by atoms with van der Waals surface area (Å²) in [7, 11) is 0. The second kappa shape index (κ2) is 6.77. The van der Waals surface area contributed by atoms with Crippen molar-refractivity contribution < 1.29 is 13.9 Å². The summed E-state index contributed by atoms with van der Waals surface area (Å²) in [4.78, 5) is 0. The Labute approximate surface area is 135 Å². The van der Waals surface area contributed by atoms with Gasteiger partial charge in [-0.25, -0.2) is 8.78 Å². The highest BCUT2D eigenvalue weighted by Crippen LogP contribution is 2.37. The fourth-order valence-corrected chi connectivity index (χ4v) is 3.37. The van der Waals surface area contributed by atoms with Gasteiger partial charge in [-0.2, -0.15) is 0 Å². The van der Waals surface area contributed by atoms with E-state index in [-0.39, 0.29) is 11.6 Å². The molecule has 23 heavy (non-hydrogen) atoms. The predicted octanol–water partition coefficient (Wildman–Crippen LogP) is 3.59. The number of rotatable bonds is 4. The van der Waals surface area contributed by atoms with E-state index in [1.165, 1.54) is 24.3 Å². The average molecular weight is 317 g/mol. The first-order valence-corrected chi connectivity index (χ1v) is 8.03. The molecule has 1 atom stereocenters. The monoisotopic (exact) mass is 317 g/mol. The number of benzene rings is 2. The lowest BCUT2D eigenvalue weighted by Crippen LogP contribution is -2.37. The van der Waals surface area contributed by atoms with Crippen LogP contribution in [0, 0.1) is 17.6 Å². The van der Waals surface area contributed by atoms with Crippen LogP contribution in [0.1, 0.15) is 30.4 Å². The number of hydrogen-bond acceptors (Lipinski definition) is 2. The predicted molar refractivity (Wildman–Crippen MR) is 86.0 cm³/mol. The molecule has 0 aromatic heterocycles. The van der Waals surface area contributed by atoms with Gasteiger partial charge < -0.3 is 10.4 Å². The highest BCUT2D eigenvalue weighted by Gasteiger charge is 2.35. The quantitative estimate of drug-likeness (QED) is 0.903. The van der Waals surface area contributed by atoms with Crippen LogP contribution in [-0.2, 0) is 5.60 Å². The molecule has 4 heteroatoms. The zero-order valence-corrected chi connectivity index (χ0v) is 12.9. The Balaban J connectivity index is 1.97. The molecule has 2 aromatic rings. The van der Waals surface area contributed by atoms with Crippen LogP contribution in [0.5, 0.6) is 0 Å². The van der Waals surface area contributed by atoms with Gasteiger partial charge in [-0.1, -0.05) is 24.3 Å². The van der Waals surface area contributed by atoms with E-state index in [0.717, 1.165) is 25.9 Å². The number of piperidine rings is 1. The molecule has 0 saturated carbocycles. The minimum atomic E-state index is -1.24. The van der Waals surface area contributed by atoms with E-state index in [4.69, 9.17) is 0 Å². The van der Waals surface area contributed by atoms with Crippen LogP contribution in [-0.4, -0.2) is 18.2 Å². The molecule has 0 aliphatic carbocycles. The molecule has 1 unspecified atom stereocenters. The molecule has 0 bridgehead atoms. The number of aliphatic hydroxyl groups is 1. The Morgan fingerprint density at radius 1 is 0.957 bits per heavy atom. The maximum absolute atomic E-state index is 13.2. The van der Waals surface area contributed by atoms with Gasteiger partial charge in [-0.3, -0.25) is 0 Å². The van der Waals surface area contributed by atoms with Crippen LogP contribution in [0.4, 0.5) is 8.78 Å². The summed E-state index contributed by atoms with van der Waals surface area (Å²) in [6, 6.07) is 11.8. The van der Waals surface area contributed by atoms with Gasteiger partial charge in [0.15, 0.2) is 0 Å². The molecule has 1 fully saturated rings. The molecule has 0 spiro atoms. The van der Waals surface area contributed by atoms with Crippen molar-refractivity contribution in [3.05, 3.63) is 71.3 Å². The van der Waals surface area contributed by atoms with Crippen molar-refractivity contribution in [1.82, 2.24) is 5.32 Å². The molecule has 1 heterocycles. The molecular weight excluding hydrogens is 296 g/mol. The number of nitrogens with one attached hydrogen (secondary N) is 1. The second-order valence-electron chi connectivity index (χ2n) is 6.29. The van der Waals surface area contributed by atoms with Gasteiger partial charge in [0.05, 0.1) is 0 Å². The fourth-order valence-electron chi connectivity index (χ4n) is 3.37. The zero-order valence-electron chi connectivity index (χ0n) is 12.9. The highest BCUT2D eigenvalue weighted by atomic mass is 19.1. The smallest absolute Gasteiger partial charge is 0.123 e. The van der Waals surface area contributed by atoms with E-state index in [1.807, 2.05) is 0 Å². The second-order valence-corrected chi connectivity index (χ2v) is 6.29. The first kappa shape index (κ1) is 16.1. The van der Waals surface area contributed by atoms with Crippen molar-refractivity contribution in [2.45, 2.75) is 24.9 Å². The standard InChI is InChI=1S/C19H21F2NO/c20-17-7-3-15(4-8-17)19(23,12-14-2-1-11-22-13-14)16-5-9-18(21)10-6-16/h3-10,14,22-23H,1-2,11-13H2. The lowest BCUT2D eigenvalue weighted by Gasteiger charge is -2.35. The van der Waals surface area contributed by atoms with Crippen LogP contribution in [0.15, 0.2) is 48.5 Å². The van der Waals surface area contributed by atoms with Crippen molar-refractivity contribution in [1.29, 1.82) is 0 Å². The van der Waals surface area contributed by atoms with E-state index in [2.05, 4.69) is 5.32 Å². The van der Waals surface area contributed by atoms with Gasteiger partial charge >= 0.3 is 0 Å². The lowest BCUT2D eigenvalue weighted by molar-refractivity contribution is 0.0474. The van der Waals surface area contributed by atoms with Crippen LogP contribution in [0.2, 0.25) is 0 Å². The lowest BCUT2D eigenvalue weighted by atomic mass is 9.77. The highest BCUT2D eigenvalue weighted by molar-refractivity contribution is 5.36. The molecule has 2 nitrogen and oxygen atoms in total. The van der Waals surface area contributed by atoms with Gasteiger partial charge in [0.1, 0.15) is 17.2 Å². The van der Waals surface area contributed by atoms with Gasteiger partial charge in [0.25, 0.3) is 0 Å². The summed E-state index contributed by atoms with van der Waals surface area (Å²) < 4.78 is 26.5. The Hall–Kier alpha value is -1.78. The number of hydrogen-bond donors (Lipinski definition) is 2. The maximum atomic E-state index is 13.2. The first-order valence-electron chi connectivity index (χ1n) is 8.03. The van der Waals surface area contributed by atoms with Crippen LogP contribution >= 0.6 is 0 Å². The largest absolute Gasteiger partial charge is 0.380 e.